The van der Waals surface area contributed by atoms with Crippen LogP contribution in [0.4, 0.5) is 0 Å². The zero-order valence-corrected chi connectivity index (χ0v) is 10.5. The van der Waals surface area contributed by atoms with Gasteiger partial charge in [-0.25, -0.2) is 8.42 Å². The lowest BCUT2D eigenvalue weighted by Gasteiger charge is -2.26. The Bertz CT molecular complexity index is 287. The fraction of sp³-hybridized carbons (Fsp3) is 1.00. The van der Waals surface area contributed by atoms with Crippen molar-refractivity contribution < 1.29 is 13.5 Å². The van der Waals surface area contributed by atoms with Gasteiger partial charge in [0, 0.05) is 6.26 Å². The molecule has 0 bridgehead atoms. The molecule has 1 atom stereocenters. The largest absolute Gasteiger partial charge is 0.375 e. The average Bonchev–Trinajstić information content (AvgIpc) is 2.15. The smallest absolute Gasteiger partial charge is 0.176 e. The second-order valence-corrected chi connectivity index (χ2v) is 7.41. The summed E-state index contributed by atoms with van der Waals surface area (Å²) >= 11 is 0. The van der Waals surface area contributed by atoms with Crippen LogP contribution in [0.25, 0.3) is 0 Å². The Balaban J connectivity index is 2.41. The molecule has 1 rings (SSSR count). The SMILES string of the molecule is CC(O)(CCC1CCCCC1)S(C)(=O)=O. The van der Waals surface area contributed by atoms with E-state index in [1.807, 2.05) is 0 Å². The summed E-state index contributed by atoms with van der Waals surface area (Å²) < 4.78 is 22.6. The minimum absolute atomic E-state index is 0.372. The number of hydrogen-bond acceptors (Lipinski definition) is 3. The highest BCUT2D eigenvalue weighted by molar-refractivity contribution is 7.91. The summed E-state index contributed by atoms with van der Waals surface area (Å²) in [5, 5.41) is 9.79. The average molecular weight is 234 g/mol. The first-order valence-corrected chi connectivity index (χ1v) is 7.64. The van der Waals surface area contributed by atoms with Crippen LogP contribution in [0.1, 0.15) is 51.9 Å². The van der Waals surface area contributed by atoms with E-state index in [4.69, 9.17) is 0 Å². The third-order valence-electron chi connectivity index (χ3n) is 3.54. The van der Waals surface area contributed by atoms with E-state index in [2.05, 4.69) is 0 Å². The molecule has 0 aliphatic heterocycles. The Morgan fingerprint density at radius 1 is 1.27 bits per heavy atom. The molecule has 3 nitrogen and oxygen atoms in total. The zero-order chi connectivity index (χ0) is 11.5. The molecule has 0 amide bonds. The normalized spacial score (nSPS) is 23.7. The number of sulfone groups is 1. The summed E-state index contributed by atoms with van der Waals surface area (Å²) in [6, 6.07) is 0. The van der Waals surface area contributed by atoms with Crippen LogP contribution in [0.2, 0.25) is 0 Å². The summed E-state index contributed by atoms with van der Waals surface area (Å²) in [6.07, 6.45) is 8.51. The molecule has 90 valence electrons. The Morgan fingerprint density at radius 2 is 1.80 bits per heavy atom. The van der Waals surface area contributed by atoms with Gasteiger partial charge in [0.05, 0.1) is 0 Å². The maximum Gasteiger partial charge on any atom is 0.176 e. The van der Waals surface area contributed by atoms with E-state index in [0.717, 1.165) is 12.7 Å². The monoisotopic (exact) mass is 234 g/mol. The highest BCUT2D eigenvalue weighted by atomic mass is 32.2. The van der Waals surface area contributed by atoms with Gasteiger partial charge in [0.2, 0.25) is 0 Å². The van der Waals surface area contributed by atoms with Crippen molar-refractivity contribution in [1.82, 2.24) is 0 Å². The molecule has 0 spiro atoms. The predicted molar refractivity (Wildman–Crippen MR) is 61.3 cm³/mol. The van der Waals surface area contributed by atoms with Gasteiger partial charge in [0.25, 0.3) is 0 Å². The fourth-order valence-electron chi connectivity index (χ4n) is 2.13. The van der Waals surface area contributed by atoms with E-state index in [0.29, 0.717) is 12.3 Å². The van der Waals surface area contributed by atoms with Crippen LogP contribution in [0.5, 0.6) is 0 Å². The summed E-state index contributed by atoms with van der Waals surface area (Å²) in [7, 11) is -3.35. The maximum atomic E-state index is 11.3. The predicted octanol–water partition coefficient (Wildman–Crippen LogP) is 2.10. The van der Waals surface area contributed by atoms with Crippen LogP contribution in [-0.4, -0.2) is 24.7 Å². The van der Waals surface area contributed by atoms with Crippen LogP contribution in [-0.2, 0) is 9.84 Å². The van der Waals surface area contributed by atoms with Crippen molar-refractivity contribution in [2.45, 2.75) is 56.8 Å². The van der Waals surface area contributed by atoms with Crippen molar-refractivity contribution in [2.75, 3.05) is 6.26 Å². The molecule has 1 unspecified atom stereocenters. The van der Waals surface area contributed by atoms with Crippen LogP contribution in [0.3, 0.4) is 0 Å². The van der Waals surface area contributed by atoms with Crippen LogP contribution in [0.15, 0.2) is 0 Å². The first-order chi connectivity index (χ1) is 6.83. The van der Waals surface area contributed by atoms with Crippen molar-refractivity contribution in [3.8, 4) is 0 Å². The van der Waals surface area contributed by atoms with E-state index in [1.54, 1.807) is 0 Å². The van der Waals surface area contributed by atoms with Crippen LogP contribution < -0.4 is 0 Å². The Kier molecular flexibility index (Phi) is 4.18. The lowest BCUT2D eigenvalue weighted by molar-refractivity contribution is 0.122. The van der Waals surface area contributed by atoms with Gasteiger partial charge in [0.1, 0.15) is 0 Å². The summed E-state index contributed by atoms with van der Waals surface area (Å²) in [5.41, 5.74) is 0. The Hall–Kier alpha value is -0.0900. The van der Waals surface area contributed by atoms with E-state index in [-0.39, 0.29) is 0 Å². The third kappa shape index (κ3) is 3.76. The molecule has 0 radical (unpaired) electrons. The standard InChI is InChI=1S/C11H22O3S/c1-11(12,15(2,13)14)9-8-10-6-4-3-5-7-10/h10,12H,3-9H2,1-2H3. The summed E-state index contributed by atoms with van der Waals surface area (Å²) in [4.78, 5) is -1.54. The summed E-state index contributed by atoms with van der Waals surface area (Å²) in [5.74, 6) is 0.618. The van der Waals surface area contributed by atoms with Gasteiger partial charge in [-0.05, 0) is 25.7 Å². The molecule has 1 aliphatic carbocycles. The van der Waals surface area contributed by atoms with Gasteiger partial charge in [0.15, 0.2) is 14.8 Å². The quantitative estimate of drug-likeness (QED) is 0.810. The maximum absolute atomic E-state index is 11.3. The van der Waals surface area contributed by atoms with Gasteiger partial charge >= 0.3 is 0 Å². The summed E-state index contributed by atoms with van der Waals surface area (Å²) in [6.45, 7) is 1.41. The molecule has 0 aromatic carbocycles. The van der Waals surface area contributed by atoms with Crippen molar-refractivity contribution >= 4 is 9.84 Å². The first-order valence-electron chi connectivity index (χ1n) is 5.75. The molecule has 1 fully saturated rings. The highest BCUT2D eigenvalue weighted by Crippen LogP contribution is 2.30. The molecule has 4 heteroatoms. The minimum atomic E-state index is -3.35. The van der Waals surface area contributed by atoms with Gasteiger partial charge in [-0.15, -0.1) is 0 Å². The van der Waals surface area contributed by atoms with E-state index >= 15 is 0 Å². The molecule has 1 aliphatic rings. The Labute approximate surface area is 92.8 Å². The Morgan fingerprint density at radius 3 is 2.27 bits per heavy atom. The van der Waals surface area contributed by atoms with Crippen molar-refractivity contribution in [3.63, 3.8) is 0 Å². The molecule has 15 heavy (non-hydrogen) atoms. The molecule has 0 aromatic rings. The lowest BCUT2D eigenvalue weighted by Crippen LogP contribution is -2.34. The molecule has 1 N–H and O–H groups in total. The van der Waals surface area contributed by atoms with Gasteiger partial charge in [-0.2, -0.15) is 0 Å². The number of hydrogen-bond donors (Lipinski definition) is 1. The second-order valence-electron chi connectivity index (χ2n) is 4.99. The number of aliphatic hydroxyl groups is 1. The van der Waals surface area contributed by atoms with Crippen molar-refractivity contribution in [1.29, 1.82) is 0 Å². The molecular formula is C11H22O3S. The second kappa shape index (κ2) is 4.83. The van der Waals surface area contributed by atoms with Crippen molar-refractivity contribution in [3.05, 3.63) is 0 Å². The third-order valence-corrected chi connectivity index (χ3v) is 5.34. The van der Waals surface area contributed by atoms with Gasteiger partial charge < -0.3 is 5.11 Å². The van der Waals surface area contributed by atoms with Gasteiger partial charge in [-0.1, -0.05) is 32.1 Å². The molecule has 1 saturated carbocycles. The minimum Gasteiger partial charge on any atom is -0.375 e. The topological polar surface area (TPSA) is 54.4 Å². The van der Waals surface area contributed by atoms with E-state index in [1.165, 1.54) is 39.0 Å². The van der Waals surface area contributed by atoms with Crippen LogP contribution in [0, 0.1) is 5.92 Å². The van der Waals surface area contributed by atoms with Crippen molar-refractivity contribution in [2.24, 2.45) is 5.92 Å². The molecule has 0 heterocycles. The lowest BCUT2D eigenvalue weighted by atomic mass is 9.85. The first kappa shape index (κ1) is 13.0. The number of rotatable bonds is 4. The zero-order valence-electron chi connectivity index (χ0n) is 9.70. The molecular weight excluding hydrogens is 212 g/mol. The fourth-order valence-corrected chi connectivity index (χ4v) is 2.62. The van der Waals surface area contributed by atoms with Crippen LogP contribution >= 0.6 is 0 Å². The van der Waals surface area contributed by atoms with Gasteiger partial charge in [-0.3, -0.25) is 0 Å². The highest BCUT2D eigenvalue weighted by Gasteiger charge is 2.33. The van der Waals surface area contributed by atoms with E-state index in [9.17, 15) is 13.5 Å². The molecule has 0 aromatic heterocycles. The van der Waals surface area contributed by atoms with E-state index < -0.39 is 14.8 Å². The molecule has 0 saturated heterocycles.